The molecular weight excluding hydrogens is 120 g/mol. The van der Waals surface area contributed by atoms with Crippen LogP contribution < -0.4 is 0 Å². The van der Waals surface area contributed by atoms with E-state index in [1.165, 1.54) is 5.57 Å². The van der Waals surface area contributed by atoms with Crippen molar-refractivity contribution in [3.8, 4) is 0 Å². The molecule has 0 rings (SSSR count). The van der Waals surface area contributed by atoms with E-state index in [1.54, 1.807) is 0 Å². The molecule has 0 aliphatic carbocycles. The summed E-state index contributed by atoms with van der Waals surface area (Å²) in [5.41, 5.74) is 1.28. The highest BCUT2D eigenvalue weighted by Gasteiger charge is 2.01. The maximum atomic E-state index is 3.76. The summed E-state index contributed by atoms with van der Waals surface area (Å²) in [6.07, 6.45) is 7.06. The average molecular weight is 136 g/mol. The van der Waals surface area contributed by atoms with Gasteiger partial charge >= 0.3 is 0 Å². The van der Waals surface area contributed by atoms with Crippen LogP contribution in [0.2, 0.25) is 0 Å². The maximum absolute atomic E-state index is 3.76. The van der Waals surface area contributed by atoms with Crippen molar-refractivity contribution in [2.45, 2.75) is 20.3 Å². The topological polar surface area (TPSA) is 0 Å². The van der Waals surface area contributed by atoms with Crippen molar-refractivity contribution in [3.05, 3.63) is 37.0 Å². The van der Waals surface area contributed by atoms with Gasteiger partial charge in [0.1, 0.15) is 0 Å². The molecule has 0 nitrogen and oxygen atoms in total. The van der Waals surface area contributed by atoms with Gasteiger partial charge in [-0.25, -0.2) is 0 Å². The van der Waals surface area contributed by atoms with Gasteiger partial charge in [0.15, 0.2) is 0 Å². The van der Waals surface area contributed by atoms with E-state index in [0.717, 1.165) is 6.42 Å². The van der Waals surface area contributed by atoms with Crippen molar-refractivity contribution < 1.29 is 0 Å². The van der Waals surface area contributed by atoms with E-state index in [9.17, 15) is 0 Å². The molecule has 0 aliphatic heterocycles. The smallest absolute Gasteiger partial charge is 0.000915 e. The number of hydrogen-bond acceptors (Lipinski definition) is 0. The lowest BCUT2D eigenvalue weighted by molar-refractivity contribution is 0.744. The Morgan fingerprint density at radius 1 is 1.50 bits per heavy atom. The molecule has 0 bridgehead atoms. The van der Waals surface area contributed by atoms with E-state index >= 15 is 0 Å². The standard InChI is InChI=1S/C10H16/c1-5-9(6-2)10(7-3)8-4/h5-7,10H,1,3,8H2,2,4H3/b9-6+. The van der Waals surface area contributed by atoms with Gasteiger partial charge in [-0.05, 0) is 18.9 Å². The van der Waals surface area contributed by atoms with E-state index in [2.05, 4.69) is 26.2 Å². The minimum Gasteiger partial charge on any atom is -0.102 e. The zero-order valence-electron chi connectivity index (χ0n) is 6.93. The average Bonchev–Trinajstić information content (AvgIpc) is 2.00. The lowest BCUT2D eigenvalue weighted by atomic mass is 9.96. The third-order valence-corrected chi connectivity index (χ3v) is 1.72. The summed E-state index contributed by atoms with van der Waals surface area (Å²) in [5.74, 6) is 0.488. The molecule has 0 aromatic heterocycles. The summed E-state index contributed by atoms with van der Waals surface area (Å²) >= 11 is 0. The van der Waals surface area contributed by atoms with Gasteiger partial charge in [0.05, 0.1) is 0 Å². The Balaban J connectivity index is 4.24. The molecular formula is C10H16. The Bertz CT molecular complexity index is 140. The number of hydrogen-bond donors (Lipinski definition) is 0. The lowest BCUT2D eigenvalue weighted by Gasteiger charge is -2.09. The van der Waals surface area contributed by atoms with Gasteiger partial charge < -0.3 is 0 Å². The fourth-order valence-electron chi connectivity index (χ4n) is 1.02. The van der Waals surface area contributed by atoms with Crippen molar-refractivity contribution in [2.24, 2.45) is 5.92 Å². The van der Waals surface area contributed by atoms with Crippen LogP contribution in [0.3, 0.4) is 0 Å². The second kappa shape index (κ2) is 5.04. The van der Waals surface area contributed by atoms with Crippen molar-refractivity contribution >= 4 is 0 Å². The van der Waals surface area contributed by atoms with E-state index in [1.807, 2.05) is 19.1 Å². The molecule has 0 spiro atoms. The van der Waals surface area contributed by atoms with Gasteiger partial charge in [0.2, 0.25) is 0 Å². The largest absolute Gasteiger partial charge is 0.102 e. The van der Waals surface area contributed by atoms with Crippen LogP contribution in [0, 0.1) is 5.92 Å². The van der Waals surface area contributed by atoms with Crippen molar-refractivity contribution in [2.75, 3.05) is 0 Å². The summed E-state index contributed by atoms with van der Waals surface area (Å²) in [4.78, 5) is 0. The highest BCUT2D eigenvalue weighted by atomic mass is 14.1. The van der Waals surface area contributed by atoms with Gasteiger partial charge in [-0.15, -0.1) is 6.58 Å². The first-order valence-corrected chi connectivity index (χ1v) is 3.71. The Hall–Kier alpha value is -0.780. The highest BCUT2D eigenvalue weighted by molar-refractivity contribution is 5.22. The minimum absolute atomic E-state index is 0.488. The van der Waals surface area contributed by atoms with Crippen LogP contribution in [0.25, 0.3) is 0 Å². The predicted molar refractivity (Wildman–Crippen MR) is 47.9 cm³/mol. The molecule has 0 aromatic rings. The minimum atomic E-state index is 0.488. The molecule has 0 N–H and O–H groups in total. The molecule has 0 saturated heterocycles. The molecule has 0 aliphatic rings. The van der Waals surface area contributed by atoms with Gasteiger partial charge in [-0.2, -0.15) is 0 Å². The molecule has 0 radical (unpaired) electrons. The van der Waals surface area contributed by atoms with Gasteiger partial charge in [0.25, 0.3) is 0 Å². The Morgan fingerprint density at radius 2 is 2.10 bits per heavy atom. The predicted octanol–water partition coefficient (Wildman–Crippen LogP) is 3.33. The third kappa shape index (κ3) is 2.22. The normalized spacial score (nSPS) is 14.4. The van der Waals surface area contributed by atoms with Crippen LogP contribution in [-0.4, -0.2) is 0 Å². The summed E-state index contributed by atoms with van der Waals surface area (Å²) in [7, 11) is 0. The van der Waals surface area contributed by atoms with E-state index in [4.69, 9.17) is 0 Å². The summed E-state index contributed by atoms with van der Waals surface area (Å²) < 4.78 is 0. The molecule has 0 saturated carbocycles. The fraction of sp³-hybridized carbons (Fsp3) is 0.400. The monoisotopic (exact) mass is 136 g/mol. The van der Waals surface area contributed by atoms with Crippen LogP contribution in [0.5, 0.6) is 0 Å². The second-order valence-corrected chi connectivity index (χ2v) is 2.24. The summed E-state index contributed by atoms with van der Waals surface area (Å²) in [6, 6.07) is 0. The SMILES string of the molecule is C=C/C(=C\C)C(C=C)CC. The first-order chi connectivity index (χ1) is 4.79. The van der Waals surface area contributed by atoms with Crippen LogP contribution >= 0.6 is 0 Å². The van der Waals surface area contributed by atoms with Crippen LogP contribution in [-0.2, 0) is 0 Å². The second-order valence-electron chi connectivity index (χ2n) is 2.24. The molecule has 0 heterocycles. The number of rotatable bonds is 4. The molecule has 0 amide bonds. The third-order valence-electron chi connectivity index (χ3n) is 1.72. The highest BCUT2D eigenvalue weighted by Crippen LogP contribution is 2.16. The van der Waals surface area contributed by atoms with E-state index in [0.29, 0.717) is 5.92 Å². The quantitative estimate of drug-likeness (QED) is 0.411. The lowest BCUT2D eigenvalue weighted by Crippen LogP contribution is -1.95. The molecule has 1 unspecified atom stereocenters. The molecule has 0 fully saturated rings. The summed E-state index contributed by atoms with van der Waals surface area (Å²) in [5, 5.41) is 0. The van der Waals surface area contributed by atoms with Crippen LogP contribution in [0.15, 0.2) is 37.0 Å². The number of allylic oxidation sites excluding steroid dienone is 4. The van der Waals surface area contributed by atoms with E-state index < -0.39 is 0 Å². The van der Waals surface area contributed by atoms with Crippen molar-refractivity contribution in [1.29, 1.82) is 0 Å². The zero-order valence-corrected chi connectivity index (χ0v) is 6.93. The van der Waals surface area contributed by atoms with Gasteiger partial charge in [0, 0.05) is 5.92 Å². The Labute approximate surface area is 64.0 Å². The van der Waals surface area contributed by atoms with Crippen molar-refractivity contribution in [3.63, 3.8) is 0 Å². The zero-order chi connectivity index (χ0) is 7.98. The Kier molecular flexibility index (Phi) is 4.65. The molecule has 0 aromatic carbocycles. The molecule has 56 valence electrons. The van der Waals surface area contributed by atoms with Crippen LogP contribution in [0.4, 0.5) is 0 Å². The first kappa shape index (κ1) is 9.22. The van der Waals surface area contributed by atoms with Gasteiger partial charge in [-0.3, -0.25) is 0 Å². The van der Waals surface area contributed by atoms with Gasteiger partial charge in [-0.1, -0.05) is 31.7 Å². The first-order valence-electron chi connectivity index (χ1n) is 3.71. The summed E-state index contributed by atoms with van der Waals surface area (Å²) in [6.45, 7) is 11.7. The maximum Gasteiger partial charge on any atom is 0.000915 e. The molecule has 0 heteroatoms. The molecule has 1 atom stereocenters. The van der Waals surface area contributed by atoms with E-state index in [-0.39, 0.29) is 0 Å². The Morgan fingerprint density at radius 3 is 2.20 bits per heavy atom. The van der Waals surface area contributed by atoms with Crippen molar-refractivity contribution in [1.82, 2.24) is 0 Å². The fourth-order valence-corrected chi connectivity index (χ4v) is 1.02. The molecule has 10 heavy (non-hydrogen) atoms. The van der Waals surface area contributed by atoms with Crippen LogP contribution in [0.1, 0.15) is 20.3 Å².